The van der Waals surface area contributed by atoms with Crippen molar-refractivity contribution >= 4 is 40.9 Å². The summed E-state index contributed by atoms with van der Waals surface area (Å²) in [5.74, 6) is -0.551. The number of esters is 1. The van der Waals surface area contributed by atoms with Crippen molar-refractivity contribution in [3.8, 4) is 17.4 Å². The minimum absolute atomic E-state index is 0.00107. The van der Waals surface area contributed by atoms with E-state index in [1.807, 2.05) is 0 Å². The number of nitro groups is 1. The van der Waals surface area contributed by atoms with Crippen molar-refractivity contribution in [2.24, 2.45) is 0 Å². The van der Waals surface area contributed by atoms with Crippen molar-refractivity contribution in [1.29, 1.82) is 5.26 Å². The van der Waals surface area contributed by atoms with Gasteiger partial charge in [-0.1, -0.05) is 23.7 Å². The van der Waals surface area contributed by atoms with Gasteiger partial charge in [-0.05, 0) is 37.3 Å². The first-order valence-corrected chi connectivity index (χ1v) is 9.94. The molecule has 1 N–H and O–H groups in total. The Balaban J connectivity index is 1.78. The molecule has 3 rings (SSSR count). The summed E-state index contributed by atoms with van der Waals surface area (Å²) < 4.78 is 10.6. The van der Waals surface area contributed by atoms with Gasteiger partial charge in [0.1, 0.15) is 23.2 Å². The summed E-state index contributed by atoms with van der Waals surface area (Å²) in [5, 5.41) is 22.8. The molecule has 2 aromatic carbocycles. The zero-order valence-corrected chi connectivity index (χ0v) is 18.0. The van der Waals surface area contributed by atoms with Crippen LogP contribution in [-0.4, -0.2) is 23.4 Å². The lowest BCUT2D eigenvalue weighted by Crippen LogP contribution is -2.13. The molecule has 10 heteroatoms. The second-order valence-electron chi connectivity index (χ2n) is 6.55. The molecule has 0 spiro atoms. The Kier molecular flexibility index (Phi) is 7.23. The van der Waals surface area contributed by atoms with Crippen LogP contribution in [0.2, 0.25) is 5.02 Å². The van der Waals surface area contributed by atoms with Crippen LogP contribution in [0.3, 0.4) is 0 Å². The van der Waals surface area contributed by atoms with Gasteiger partial charge in [-0.25, -0.2) is 4.79 Å². The van der Waals surface area contributed by atoms with Crippen molar-refractivity contribution in [2.45, 2.75) is 6.92 Å². The van der Waals surface area contributed by atoms with Gasteiger partial charge in [-0.2, -0.15) is 5.26 Å². The average Bonchev–Trinajstić information content (AvgIpc) is 3.27. The predicted molar refractivity (Wildman–Crippen MR) is 120 cm³/mol. The lowest BCUT2D eigenvalue weighted by atomic mass is 10.1. The number of nitrogens with one attached hydrogen (secondary N) is 1. The van der Waals surface area contributed by atoms with E-state index in [0.717, 1.165) is 6.07 Å². The molecule has 0 aliphatic heterocycles. The lowest BCUT2D eigenvalue weighted by molar-refractivity contribution is -0.384. The largest absolute Gasteiger partial charge is 0.462 e. The summed E-state index contributed by atoms with van der Waals surface area (Å²) in [5.41, 5.74) is 0.515. The molecule has 0 bridgehead atoms. The third kappa shape index (κ3) is 5.64. The lowest BCUT2D eigenvalue weighted by Gasteiger charge is -2.06. The van der Waals surface area contributed by atoms with Crippen molar-refractivity contribution < 1.29 is 23.7 Å². The molecule has 33 heavy (non-hydrogen) atoms. The van der Waals surface area contributed by atoms with Crippen LogP contribution in [0.5, 0.6) is 0 Å². The van der Waals surface area contributed by atoms with E-state index in [-0.39, 0.29) is 34.3 Å². The molecule has 1 aromatic heterocycles. The predicted octanol–water partition coefficient (Wildman–Crippen LogP) is 5.23. The maximum absolute atomic E-state index is 12.5. The Bertz CT molecular complexity index is 1290. The number of benzene rings is 2. The quantitative estimate of drug-likeness (QED) is 0.166. The van der Waals surface area contributed by atoms with Gasteiger partial charge in [-0.15, -0.1) is 0 Å². The van der Waals surface area contributed by atoms with E-state index in [9.17, 15) is 25.0 Å². The number of carbonyl (C=O) groups is 2. The number of nitro benzene ring substituents is 1. The number of hydrogen-bond donors (Lipinski definition) is 1. The summed E-state index contributed by atoms with van der Waals surface area (Å²) in [6, 6.07) is 15.1. The summed E-state index contributed by atoms with van der Waals surface area (Å²) in [6.45, 7) is 1.99. The molecule has 0 aliphatic rings. The van der Waals surface area contributed by atoms with Crippen LogP contribution in [0.1, 0.15) is 23.0 Å². The van der Waals surface area contributed by atoms with Gasteiger partial charge in [-0.3, -0.25) is 14.9 Å². The van der Waals surface area contributed by atoms with Gasteiger partial charge < -0.3 is 14.5 Å². The highest BCUT2D eigenvalue weighted by molar-refractivity contribution is 6.34. The van der Waals surface area contributed by atoms with Gasteiger partial charge in [0.05, 0.1) is 27.8 Å². The van der Waals surface area contributed by atoms with Crippen LogP contribution < -0.4 is 5.32 Å². The molecule has 0 saturated carbocycles. The first-order valence-electron chi connectivity index (χ1n) is 9.57. The van der Waals surface area contributed by atoms with E-state index >= 15 is 0 Å². The Morgan fingerprint density at radius 3 is 2.58 bits per heavy atom. The number of nitrogens with zero attached hydrogens (tertiary/aromatic N) is 2. The number of rotatable bonds is 7. The van der Waals surface area contributed by atoms with Crippen LogP contribution in [0.4, 0.5) is 11.4 Å². The molecular formula is C23H16ClN3O6. The van der Waals surface area contributed by atoms with Crippen LogP contribution in [0.15, 0.2) is 64.6 Å². The standard InChI is InChI=1S/C23H16ClN3O6/c1-2-32-23(29)15-5-3-14(4-6-15)21-10-8-18(33-21)11-16(13-25)22(28)26-20-12-17(27(30)31)7-9-19(20)24/h3-12H,2H2,1H3,(H,26,28)/b16-11+. The highest BCUT2D eigenvalue weighted by Crippen LogP contribution is 2.28. The fourth-order valence-electron chi connectivity index (χ4n) is 2.77. The fourth-order valence-corrected chi connectivity index (χ4v) is 2.94. The number of amides is 1. The number of non-ortho nitro benzene ring substituents is 1. The number of anilines is 1. The highest BCUT2D eigenvalue weighted by Gasteiger charge is 2.16. The highest BCUT2D eigenvalue weighted by atomic mass is 35.5. The van der Waals surface area contributed by atoms with E-state index in [0.29, 0.717) is 16.9 Å². The molecule has 0 unspecified atom stereocenters. The Labute approximate surface area is 193 Å². The number of nitriles is 1. The third-order valence-electron chi connectivity index (χ3n) is 4.37. The molecule has 0 atom stereocenters. The van der Waals surface area contributed by atoms with Gasteiger partial charge in [0, 0.05) is 23.8 Å². The zero-order chi connectivity index (χ0) is 24.0. The van der Waals surface area contributed by atoms with E-state index in [1.54, 1.807) is 49.4 Å². The normalized spacial score (nSPS) is 10.9. The average molecular weight is 466 g/mol. The summed E-state index contributed by atoms with van der Waals surface area (Å²) in [7, 11) is 0. The molecule has 9 nitrogen and oxygen atoms in total. The molecule has 0 fully saturated rings. The van der Waals surface area contributed by atoms with Crippen LogP contribution in [0.25, 0.3) is 17.4 Å². The van der Waals surface area contributed by atoms with Gasteiger partial charge in [0.2, 0.25) is 0 Å². The van der Waals surface area contributed by atoms with E-state index in [4.69, 9.17) is 20.8 Å². The molecule has 0 saturated heterocycles. The van der Waals surface area contributed by atoms with E-state index in [1.165, 1.54) is 18.2 Å². The van der Waals surface area contributed by atoms with E-state index < -0.39 is 16.8 Å². The second-order valence-corrected chi connectivity index (χ2v) is 6.95. The molecule has 0 aliphatic carbocycles. The number of furan rings is 1. The van der Waals surface area contributed by atoms with Gasteiger partial charge in [0.25, 0.3) is 11.6 Å². The fraction of sp³-hybridized carbons (Fsp3) is 0.0870. The van der Waals surface area contributed by atoms with Crippen LogP contribution >= 0.6 is 11.6 Å². The molecule has 166 valence electrons. The van der Waals surface area contributed by atoms with Crippen LogP contribution in [0, 0.1) is 21.4 Å². The minimum atomic E-state index is -0.809. The summed E-state index contributed by atoms with van der Waals surface area (Å²) >= 11 is 5.99. The van der Waals surface area contributed by atoms with Crippen molar-refractivity contribution in [3.05, 3.63) is 86.6 Å². The number of ether oxygens (including phenoxy) is 1. The zero-order valence-electron chi connectivity index (χ0n) is 17.2. The van der Waals surface area contributed by atoms with Gasteiger partial charge in [0.15, 0.2) is 0 Å². The van der Waals surface area contributed by atoms with E-state index in [2.05, 4.69) is 5.32 Å². The minimum Gasteiger partial charge on any atom is -0.462 e. The number of hydrogen-bond acceptors (Lipinski definition) is 7. The topological polar surface area (TPSA) is 135 Å². The molecule has 1 heterocycles. The van der Waals surface area contributed by atoms with Crippen molar-refractivity contribution in [3.63, 3.8) is 0 Å². The molecular weight excluding hydrogens is 450 g/mol. The molecule has 0 radical (unpaired) electrons. The Hall–Kier alpha value is -4.42. The molecule has 1 amide bonds. The maximum atomic E-state index is 12.5. The molecule has 3 aromatic rings. The third-order valence-corrected chi connectivity index (χ3v) is 4.70. The smallest absolute Gasteiger partial charge is 0.338 e. The summed E-state index contributed by atoms with van der Waals surface area (Å²) in [4.78, 5) is 34.6. The monoisotopic (exact) mass is 465 g/mol. The number of carbonyl (C=O) groups excluding carboxylic acids is 2. The second kappa shape index (κ2) is 10.3. The maximum Gasteiger partial charge on any atom is 0.338 e. The first-order chi connectivity index (χ1) is 15.8. The van der Waals surface area contributed by atoms with Crippen molar-refractivity contribution in [1.82, 2.24) is 0 Å². The Morgan fingerprint density at radius 2 is 1.94 bits per heavy atom. The van der Waals surface area contributed by atoms with Crippen LogP contribution in [-0.2, 0) is 9.53 Å². The number of halogens is 1. The Morgan fingerprint density at radius 1 is 1.21 bits per heavy atom. The first kappa shape index (κ1) is 23.2. The summed E-state index contributed by atoms with van der Waals surface area (Å²) in [6.07, 6.45) is 1.23. The van der Waals surface area contributed by atoms with Crippen molar-refractivity contribution in [2.75, 3.05) is 11.9 Å². The van der Waals surface area contributed by atoms with Gasteiger partial charge >= 0.3 is 5.97 Å². The SMILES string of the molecule is CCOC(=O)c1ccc(-c2ccc(/C=C(\C#N)C(=O)Nc3cc([N+](=O)[O-])ccc3Cl)o2)cc1.